The molecule has 0 aliphatic carbocycles. The second kappa shape index (κ2) is 11.2. The van der Waals surface area contributed by atoms with Gasteiger partial charge in [0.25, 0.3) is 0 Å². The van der Waals surface area contributed by atoms with E-state index in [1.807, 2.05) is 24.5 Å². The summed E-state index contributed by atoms with van der Waals surface area (Å²) in [4.78, 5) is 9.19. The van der Waals surface area contributed by atoms with Crippen LogP contribution in [0.5, 0.6) is 0 Å². The van der Waals surface area contributed by atoms with Crippen molar-refractivity contribution in [2.24, 2.45) is 5.92 Å². The summed E-state index contributed by atoms with van der Waals surface area (Å²) in [6.45, 7) is 10.6. The molecule has 1 aliphatic rings. The molecule has 3 rings (SSSR count). The van der Waals surface area contributed by atoms with Gasteiger partial charge in [0, 0.05) is 52.9 Å². The SMILES string of the molecule is COCCn1c(CN2CCN(Cc3ccccc3)CC2)cnc1S(=O)(=O)CCC(C)C. The minimum Gasteiger partial charge on any atom is -0.383 e. The largest absolute Gasteiger partial charge is 0.383 e. The predicted molar refractivity (Wildman–Crippen MR) is 123 cm³/mol. The minimum absolute atomic E-state index is 0.131. The Morgan fingerprint density at radius 2 is 1.68 bits per heavy atom. The molecule has 2 heterocycles. The number of nitrogens with zero attached hydrogens (tertiary/aromatic N) is 4. The van der Waals surface area contributed by atoms with Crippen molar-refractivity contribution in [3.05, 3.63) is 47.8 Å². The molecule has 0 spiro atoms. The van der Waals surface area contributed by atoms with Crippen LogP contribution >= 0.6 is 0 Å². The van der Waals surface area contributed by atoms with E-state index in [1.54, 1.807) is 13.3 Å². The summed E-state index contributed by atoms with van der Waals surface area (Å²) in [6, 6.07) is 10.6. The summed E-state index contributed by atoms with van der Waals surface area (Å²) in [5.41, 5.74) is 2.28. The van der Waals surface area contributed by atoms with Crippen molar-refractivity contribution in [2.45, 2.75) is 45.1 Å². The second-order valence-electron chi connectivity index (χ2n) is 8.72. The third-order valence-electron chi connectivity index (χ3n) is 5.76. The third-order valence-corrected chi connectivity index (χ3v) is 7.42. The highest BCUT2D eigenvalue weighted by Gasteiger charge is 2.25. The van der Waals surface area contributed by atoms with Crippen LogP contribution in [0.25, 0.3) is 0 Å². The van der Waals surface area contributed by atoms with Gasteiger partial charge in [0.05, 0.1) is 24.3 Å². The molecule has 0 radical (unpaired) electrons. The minimum atomic E-state index is -3.41. The van der Waals surface area contributed by atoms with Crippen molar-refractivity contribution in [3.8, 4) is 0 Å². The highest BCUT2D eigenvalue weighted by Crippen LogP contribution is 2.18. The fraction of sp³-hybridized carbons (Fsp3) is 0.609. The fourth-order valence-electron chi connectivity index (χ4n) is 3.85. The van der Waals surface area contributed by atoms with Crippen LogP contribution in [-0.4, -0.2) is 73.4 Å². The Morgan fingerprint density at radius 3 is 2.29 bits per heavy atom. The van der Waals surface area contributed by atoms with E-state index < -0.39 is 9.84 Å². The van der Waals surface area contributed by atoms with Crippen LogP contribution in [0.1, 0.15) is 31.5 Å². The number of hydrogen-bond acceptors (Lipinski definition) is 6. The van der Waals surface area contributed by atoms with E-state index in [-0.39, 0.29) is 10.9 Å². The Labute approximate surface area is 186 Å². The maximum atomic E-state index is 12.9. The topological polar surface area (TPSA) is 67.7 Å². The lowest BCUT2D eigenvalue weighted by atomic mass is 10.2. The van der Waals surface area contributed by atoms with Gasteiger partial charge in [-0.25, -0.2) is 13.4 Å². The summed E-state index contributed by atoms with van der Waals surface area (Å²) in [7, 11) is -1.78. The van der Waals surface area contributed by atoms with Crippen molar-refractivity contribution in [3.63, 3.8) is 0 Å². The van der Waals surface area contributed by atoms with Gasteiger partial charge in [-0.05, 0) is 17.9 Å². The molecule has 0 N–H and O–H groups in total. The number of aromatic nitrogens is 2. The number of hydrogen-bond donors (Lipinski definition) is 0. The first kappa shape index (κ1) is 23.9. The van der Waals surface area contributed by atoms with Gasteiger partial charge in [-0.15, -0.1) is 0 Å². The highest BCUT2D eigenvalue weighted by molar-refractivity contribution is 7.91. The van der Waals surface area contributed by atoms with E-state index in [9.17, 15) is 8.42 Å². The normalized spacial score (nSPS) is 16.3. The molecular weight excluding hydrogens is 412 g/mol. The van der Waals surface area contributed by atoms with Gasteiger partial charge in [-0.2, -0.15) is 0 Å². The van der Waals surface area contributed by atoms with Gasteiger partial charge in [0.15, 0.2) is 0 Å². The molecule has 2 aromatic rings. The van der Waals surface area contributed by atoms with Crippen LogP contribution in [0, 0.1) is 5.92 Å². The average Bonchev–Trinajstić information content (AvgIpc) is 3.16. The lowest BCUT2D eigenvalue weighted by Crippen LogP contribution is -2.45. The number of benzene rings is 1. The average molecular weight is 449 g/mol. The van der Waals surface area contributed by atoms with Crippen LogP contribution in [0.2, 0.25) is 0 Å². The highest BCUT2D eigenvalue weighted by atomic mass is 32.2. The van der Waals surface area contributed by atoms with Gasteiger partial charge >= 0.3 is 0 Å². The molecule has 1 saturated heterocycles. The van der Waals surface area contributed by atoms with Crippen molar-refractivity contribution in [1.29, 1.82) is 0 Å². The Balaban J connectivity index is 1.64. The maximum absolute atomic E-state index is 12.9. The first-order chi connectivity index (χ1) is 14.9. The molecule has 0 amide bonds. The second-order valence-corrected chi connectivity index (χ2v) is 10.7. The number of ether oxygens (including phenoxy) is 1. The Bertz CT molecular complexity index is 904. The molecule has 172 valence electrons. The van der Waals surface area contributed by atoms with Gasteiger partial charge in [0.1, 0.15) is 0 Å². The van der Waals surface area contributed by atoms with E-state index in [4.69, 9.17) is 4.74 Å². The molecule has 1 aliphatic heterocycles. The molecule has 7 nitrogen and oxygen atoms in total. The number of piperazine rings is 1. The van der Waals surface area contributed by atoms with Gasteiger partial charge in [0.2, 0.25) is 15.0 Å². The zero-order valence-corrected chi connectivity index (χ0v) is 19.9. The van der Waals surface area contributed by atoms with Crippen molar-refractivity contribution >= 4 is 9.84 Å². The van der Waals surface area contributed by atoms with Crippen molar-refractivity contribution < 1.29 is 13.2 Å². The van der Waals surface area contributed by atoms with E-state index >= 15 is 0 Å². The zero-order chi connectivity index (χ0) is 22.3. The van der Waals surface area contributed by atoms with Crippen molar-refractivity contribution in [1.82, 2.24) is 19.4 Å². The number of methoxy groups -OCH3 is 1. The molecular formula is C23H36N4O3S. The Kier molecular flexibility index (Phi) is 8.66. The van der Waals surface area contributed by atoms with Crippen LogP contribution in [0.15, 0.2) is 41.7 Å². The van der Waals surface area contributed by atoms with Crippen LogP contribution < -0.4 is 0 Å². The number of imidazole rings is 1. The summed E-state index contributed by atoms with van der Waals surface area (Å²) >= 11 is 0. The van der Waals surface area contributed by atoms with E-state index in [0.717, 1.165) is 38.4 Å². The van der Waals surface area contributed by atoms with Gasteiger partial charge in [-0.1, -0.05) is 44.2 Å². The molecule has 1 aromatic heterocycles. The van der Waals surface area contributed by atoms with Crippen molar-refractivity contribution in [2.75, 3.05) is 45.6 Å². The number of rotatable bonds is 11. The summed E-state index contributed by atoms with van der Waals surface area (Å²) < 4.78 is 32.9. The first-order valence-corrected chi connectivity index (χ1v) is 12.8. The summed E-state index contributed by atoms with van der Waals surface area (Å²) in [5, 5.41) is 0.183. The molecule has 8 heteroatoms. The Hall–Kier alpha value is -1.74. The lowest BCUT2D eigenvalue weighted by Gasteiger charge is -2.34. The zero-order valence-electron chi connectivity index (χ0n) is 19.0. The van der Waals surface area contributed by atoms with Crippen LogP contribution in [0.4, 0.5) is 0 Å². The molecule has 0 unspecified atom stereocenters. The molecule has 0 atom stereocenters. The molecule has 1 fully saturated rings. The van der Waals surface area contributed by atoms with Crippen LogP contribution in [0.3, 0.4) is 0 Å². The lowest BCUT2D eigenvalue weighted by molar-refractivity contribution is 0.118. The monoisotopic (exact) mass is 448 g/mol. The van der Waals surface area contributed by atoms with E-state index in [0.29, 0.717) is 32.0 Å². The molecule has 0 bridgehead atoms. The summed E-state index contributed by atoms with van der Waals surface area (Å²) in [6.07, 6.45) is 2.37. The summed E-state index contributed by atoms with van der Waals surface area (Å²) in [5.74, 6) is 0.468. The van der Waals surface area contributed by atoms with Gasteiger partial charge in [-0.3, -0.25) is 9.80 Å². The maximum Gasteiger partial charge on any atom is 0.227 e. The smallest absolute Gasteiger partial charge is 0.227 e. The van der Waals surface area contributed by atoms with E-state index in [2.05, 4.69) is 39.0 Å². The standard InChI is InChI=1S/C23H36N4O3S/c1-20(2)9-16-31(28,29)23-24-17-22(27(23)14-15-30-3)19-26-12-10-25(11-13-26)18-21-7-5-4-6-8-21/h4-8,17,20H,9-16,18-19H2,1-3H3. The first-order valence-electron chi connectivity index (χ1n) is 11.1. The molecule has 31 heavy (non-hydrogen) atoms. The number of sulfone groups is 1. The third kappa shape index (κ3) is 6.87. The molecule has 1 aromatic carbocycles. The van der Waals surface area contributed by atoms with Gasteiger partial charge < -0.3 is 9.30 Å². The quantitative estimate of drug-likeness (QED) is 0.527. The van der Waals surface area contributed by atoms with E-state index in [1.165, 1.54) is 5.56 Å². The Morgan fingerprint density at radius 1 is 1.03 bits per heavy atom. The van der Waals surface area contributed by atoms with Crippen LogP contribution in [-0.2, 0) is 34.2 Å². The molecule has 0 saturated carbocycles. The predicted octanol–water partition coefficient (Wildman–Crippen LogP) is 2.67. The fourth-order valence-corrected chi connectivity index (χ4v) is 5.57.